The van der Waals surface area contributed by atoms with Gasteiger partial charge in [-0.1, -0.05) is 11.3 Å². The van der Waals surface area contributed by atoms with Crippen molar-refractivity contribution in [1.82, 2.24) is 14.9 Å². The van der Waals surface area contributed by atoms with E-state index in [9.17, 15) is 17.6 Å². The third-order valence-corrected chi connectivity index (χ3v) is 5.79. The first kappa shape index (κ1) is 18.8. The highest BCUT2D eigenvalue weighted by Crippen LogP contribution is 2.33. The van der Waals surface area contributed by atoms with Crippen LogP contribution in [0.2, 0.25) is 0 Å². The van der Waals surface area contributed by atoms with Crippen LogP contribution in [-0.2, 0) is 13.0 Å². The Morgan fingerprint density at radius 1 is 1.24 bits per heavy atom. The minimum absolute atomic E-state index is 0.0569. The molecule has 0 aromatic carbocycles. The summed E-state index contributed by atoms with van der Waals surface area (Å²) in [5.74, 6) is 5.67. The smallest absolute Gasteiger partial charge is 0.422 e. The van der Waals surface area contributed by atoms with Crippen LogP contribution in [0.15, 0.2) is 0 Å². The number of hydrogen-bond donors (Lipinski definition) is 1. The molecule has 25 heavy (non-hydrogen) atoms. The van der Waals surface area contributed by atoms with Gasteiger partial charge in [0.25, 0.3) is 5.19 Å². The van der Waals surface area contributed by atoms with Crippen LogP contribution < -0.4 is 10.6 Å². The van der Waals surface area contributed by atoms with Crippen molar-refractivity contribution < 1.29 is 22.3 Å². The lowest BCUT2D eigenvalue weighted by Crippen LogP contribution is -2.46. The standard InChI is InChI=1S/C15H22F4N4OS/c16-14(3-7-23(20)8-4-14)2-6-22-5-1-12-11(9-22)21-13(25-12)24-10-15(17,18)19/h1-10,20H2. The predicted molar refractivity (Wildman–Crippen MR) is 86.1 cm³/mol. The van der Waals surface area contributed by atoms with Crippen molar-refractivity contribution in [3.63, 3.8) is 0 Å². The maximum Gasteiger partial charge on any atom is 0.422 e. The molecule has 0 unspecified atom stereocenters. The van der Waals surface area contributed by atoms with E-state index in [-0.39, 0.29) is 5.19 Å². The largest absolute Gasteiger partial charge is 0.460 e. The van der Waals surface area contributed by atoms with Crippen LogP contribution >= 0.6 is 11.3 Å². The monoisotopic (exact) mass is 382 g/mol. The summed E-state index contributed by atoms with van der Waals surface area (Å²) in [4.78, 5) is 7.22. The Morgan fingerprint density at radius 2 is 1.96 bits per heavy atom. The van der Waals surface area contributed by atoms with Gasteiger partial charge in [-0.3, -0.25) is 10.7 Å². The second-order valence-corrected chi connectivity index (χ2v) is 7.76. The van der Waals surface area contributed by atoms with E-state index in [1.807, 2.05) is 0 Å². The molecule has 5 nitrogen and oxygen atoms in total. The zero-order chi connectivity index (χ0) is 18.1. The number of nitrogens with zero attached hydrogens (tertiary/aromatic N) is 3. The molecular weight excluding hydrogens is 360 g/mol. The number of piperidine rings is 1. The van der Waals surface area contributed by atoms with E-state index in [2.05, 4.69) is 9.88 Å². The summed E-state index contributed by atoms with van der Waals surface area (Å²) in [6, 6.07) is 0. The zero-order valence-electron chi connectivity index (χ0n) is 13.8. The maximum atomic E-state index is 14.8. The number of hydrogen-bond acceptors (Lipinski definition) is 6. The van der Waals surface area contributed by atoms with Gasteiger partial charge in [0.15, 0.2) is 6.61 Å². The van der Waals surface area contributed by atoms with Crippen LogP contribution in [-0.4, -0.2) is 59.5 Å². The lowest BCUT2D eigenvalue weighted by molar-refractivity contribution is -0.153. The fourth-order valence-electron chi connectivity index (χ4n) is 3.16. The normalized spacial score (nSPS) is 22.0. The van der Waals surface area contributed by atoms with Crippen LogP contribution in [0, 0.1) is 0 Å². The number of hydrazine groups is 1. The Labute approximate surface area is 147 Å². The van der Waals surface area contributed by atoms with Crippen molar-refractivity contribution in [2.45, 2.75) is 44.1 Å². The molecule has 3 rings (SSSR count). The molecular formula is C15H22F4N4OS. The second kappa shape index (κ2) is 7.34. The lowest BCUT2D eigenvalue weighted by atomic mass is 9.90. The molecule has 0 bridgehead atoms. The first-order chi connectivity index (χ1) is 11.7. The van der Waals surface area contributed by atoms with Crippen LogP contribution in [0.25, 0.3) is 0 Å². The average molecular weight is 382 g/mol. The molecule has 0 amide bonds. The maximum absolute atomic E-state index is 14.8. The Bertz CT molecular complexity index is 587. The van der Waals surface area contributed by atoms with Gasteiger partial charge in [-0.25, -0.2) is 14.4 Å². The minimum Gasteiger partial charge on any atom is -0.460 e. The highest BCUT2D eigenvalue weighted by Gasteiger charge is 2.34. The number of thiazole rings is 1. The van der Waals surface area contributed by atoms with E-state index >= 15 is 0 Å². The Morgan fingerprint density at radius 3 is 2.64 bits per heavy atom. The molecule has 1 fully saturated rings. The Kier molecular flexibility index (Phi) is 5.52. The van der Waals surface area contributed by atoms with Gasteiger partial charge in [-0.15, -0.1) is 0 Å². The van der Waals surface area contributed by atoms with Gasteiger partial charge < -0.3 is 4.74 Å². The third kappa shape index (κ3) is 5.25. The molecule has 0 aliphatic carbocycles. The summed E-state index contributed by atoms with van der Waals surface area (Å²) < 4.78 is 56.2. The van der Waals surface area contributed by atoms with Crippen molar-refractivity contribution in [1.29, 1.82) is 0 Å². The summed E-state index contributed by atoms with van der Waals surface area (Å²) in [5.41, 5.74) is -0.433. The van der Waals surface area contributed by atoms with E-state index in [1.165, 1.54) is 11.3 Å². The topological polar surface area (TPSA) is 54.6 Å². The summed E-state index contributed by atoms with van der Waals surface area (Å²) >= 11 is 1.17. The zero-order valence-corrected chi connectivity index (χ0v) is 14.6. The number of ether oxygens (including phenoxy) is 1. The Balaban J connectivity index is 1.50. The van der Waals surface area contributed by atoms with Crippen LogP contribution in [0.1, 0.15) is 29.8 Å². The van der Waals surface area contributed by atoms with Crippen molar-refractivity contribution in [2.75, 3.05) is 32.8 Å². The van der Waals surface area contributed by atoms with Crippen LogP contribution in [0.5, 0.6) is 5.19 Å². The minimum atomic E-state index is -4.37. The molecule has 1 saturated heterocycles. The van der Waals surface area contributed by atoms with Gasteiger partial charge in [0.1, 0.15) is 5.67 Å². The molecule has 10 heteroatoms. The summed E-state index contributed by atoms with van der Waals surface area (Å²) in [6.07, 6.45) is -2.34. The third-order valence-electron chi connectivity index (χ3n) is 4.72. The van der Waals surface area contributed by atoms with Crippen LogP contribution in [0.4, 0.5) is 17.6 Å². The quantitative estimate of drug-likeness (QED) is 0.627. The van der Waals surface area contributed by atoms with Gasteiger partial charge in [0.2, 0.25) is 0 Å². The van der Waals surface area contributed by atoms with Gasteiger partial charge in [0.05, 0.1) is 5.69 Å². The van der Waals surface area contributed by atoms with E-state index in [0.717, 1.165) is 17.1 Å². The lowest BCUT2D eigenvalue weighted by Gasteiger charge is -2.36. The van der Waals surface area contributed by atoms with E-state index in [4.69, 9.17) is 10.6 Å². The highest BCUT2D eigenvalue weighted by molar-refractivity contribution is 7.13. The molecule has 2 aliphatic rings. The summed E-state index contributed by atoms with van der Waals surface area (Å²) in [6.45, 7) is 1.69. The fourth-order valence-corrected chi connectivity index (χ4v) is 4.06. The molecule has 0 atom stereocenters. The predicted octanol–water partition coefficient (Wildman–Crippen LogP) is 2.51. The number of nitrogens with two attached hydrogens (primary N) is 1. The van der Waals surface area contributed by atoms with Gasteiger partial charge >= 0.3 is 6.18 Å². The number of rotatable bonds is 5. The molecule has 1 aromatic heterocycles. The molecule has 2 aliphatic heterocycles. The number of fused-ring (bicyclic) bond motifs is 1. The van der Waals surface area contributed by atoms with Crippen molar-refractivity contribution in [2.24, 2.45) is 5.84 Å². The number of halogens is 4. The summed E-state index contributed by atoms with van der Waals surface area (Å²) in [7, 11) is 0. The van der Waals surface area contributed by atoms with Crippen LogP contribution in [0.3, 0.4) is 0 Å². The average Bonchev–Trinajstić information content (AvgIpc) is 2.96. The van der Waals surface area contributed by atoms with Crippen molar-refractivity contribution in [3.05, 3.63) is 10.6 Å². The van der Waals surface area contributed by atoms with Crippen molar-refractivity contribution in [3.8, 4) is 5.19 Å². The number of alkyl halides is 4. The molecule has 142 valence electrons. The van der Waals surface area contributed by atoms with Gasteiger partial charge in [-0.2, -0.15) is 13.2 Å². The molecule has 3 heterocycles. The SMILES string of the molecule is NN1CCC(F)(CCN2CCc3sc(OCC(F)(F)F)nc3C2)CC1. The fraction of sp³-hybridized carbons (Fsp3) is 0.800. The van der Waals surface area contributed by atoms with Gasteiger partial charge in [0, 0.05) is 37.6 Å². The molecule has 0 radical (unpaired) electrons. The second-order valence-electron chi connectivity index (χ2n) is 6.72. The highest BCUT2D eigenvalue weighted by atomic mass is 32.1. The van der Waals surface area contributed by atoms with E-state index in [0.29, 0.717) is 51.9 Å². The van der Waals surface area contributed by atoms with E-state index < -0.39 is 18.5 Å². The van der Waals surface area contributed by atoms with Gasteiger partial charge in [-0.05, 0) is 25.7 Å². The first-order valence-electron chi connectivity index (χ1n) is 8.31. The molecule has 0 spiro atoms. The number of aromatic nitrogens is 1. The molecule has 1 aromatic rings. The molecule has 0 saturated carbocycles. The Hall–Kier alpha value is -0.970. The summed E-state index contributed by atoms with van der Waals surface area (Å²) in [5, 5.41) is 1.70. The van der Waals surface area contributed by atoms with Crippen molar-refractivity contribution >= 4 is 11.3 Å². The first-order valence-corrected chi connectivity index (χ1v) is 9.13. The molecule has 2 N–H and O–H groups in total. The van der Waals surface area contributed by atoms with E-state index in [1.54, 1.807) is 5.01 Å².